The van der Waals surface area contributed by atoms with Crippen molar-refractivity contribution in [2.24, 2.45) is 0 Å². The van der Waals surface area contributed by atoms with Gasteiger partial charge in [0, 0.05) is 167 Å². The molecule has 488 valence electrons. The maximum atomic E-state index is 14.4. The van der Waals surface area contributed by atoms with E-state index in [1.807, 2.05) is 146 Å². The number of hydrogen-bond acceptors (Lipinski definition) is 14. The van der Waals surface area contributed by atoms with Gasteiger partial charge in [0.1, 0.15) is 56.6 Å². The molecule has 2 N–H and O–H groups in total. The van der Waals surface area contributed by atoms with Gasteiger partial charge in [0.2, 0.25) is 0 Å². The summed E-state index contributed by atoms with van der Waals surface area (Å²) in [5.74, 6) is 1.92. The highest BCUT2D eigenvalue weighted by Crippen LogP contribution is 2.60. The van der Waals surface area contributed by atoms with Crippen LogP contribution in [0.15, 0.2) is 194 Å². The van der Waals surface area contributed by atoms with Gasteiger partial charge in [-0.1, -0.05) is 97.1 Å². The maximum Gasteiger partial charge on any atom is 0.276 e. The maximum absolute atomic E-state index is 14.4. The second kappa shape index (κ2) is 26.7. The second-order valence-corrected chi connectivity index (χ2v) is 23.7. The standard InChI is InChI=1S/2C39H39N5O4/c2*1-5-42(6-2)27-18-20-31-34(23-27)48-35-24-28(43(7-3)8-4)19-21-32(35)39(31)30-16-10-9-15-29(30)38(46)44(39)41-36(45)25-47-33-17-11-13-26-14-12-22-40-37(26)33/h2*9-24H,5-8,25H2,1-4H3,(H,41,45). The van der Waals surface area contributed by atoms with Gasteiger partial charge in [-0.25, -0.2) is 10.0 Å². The summed E-state index contributed by atoms with van der Waals surface area (Å²) in [6, 6.07) is 58.4. The van der Waals surface area contributed by atoms with E-state index in [4.69, 9.17) is 18.9 Å². The number of amides is 4. The zero-order chi connectivity index (χ0) is 66.8. The van der Waals surface area contributed by atoms with Gasteiger partial charge in [-0.2, -0.15) is 0 Å². The number of aromatic nitrogens is 2. The second-order valence-electron chi connectivity index (χ2n) is 23.7. The number of para-hydroxylation sites is 2. The zero-order valence-electron chi connectivity index (χ0n) is 55.4. The van der Waals surface area contributed by atoms with Gasteiger partial charge >= 0.3 is 0 Å². The van der Waals surface area contributed by atoms with Crippen LogP contribution < -0.4 is 49.4 Å². The Labute approximate surface area is 559 Å². The fourth-order valence-corrected chi connectivity index (χ4v) is 14.3. The van der Waals surface area contributed by atoms with Gasteiger partial charge < -0.3 is 38.5 Å². The quantitative estimate of drug-likeness (QED) is 0.0737. The predicted octanol–water partition coefficient (Wildman–Crippen LogP) is 13.8. The molecule has 0 radical (unpaired) electrons. The largest absolute Gasteiger partial charge is 0.481 e. The van der Waals surface area contributed by atoms with E-state index < -0.39 is 22.9 Å². The van der Waals surface area contributed by atoms with Crippen molar-refractivity contribution in [3.8, 4) is 34.5 Å². The first-order valence-corrected chi connectivity index (χ1v) is 33.2. The summed E-state index contributed by atoms with van der Waals surface area (Å²) in [7, 11) is 0. The Bertz CT molecular complexity index is 4200. The molecule has 6 heterocycles. The van der Waals surface area contributed by atoms with Gasteiger partial charge in [-0.3, -0.25) is 40.0 Å². The molecule has 4 aliphatic rings. The lowest BCUT2D eigenvalue weighted by atomic mass is 9.75. The Hall–Kier alpha value is -11.1. The number of fused-ring (bicyclic) bond motifs is 14. The van der Waals surface area contributed by atoms with Gasteiger partial charge in [0.15, 0.2) is 13.2 Å². The Balaban J connectivity index is 0.000000174. The van der Waals surface area contributed by atoms with Crippen molar-refractivity contribution in [1.29, 1.82) is 0 Å². The van der Waals surface area contributed by atoms with Gasteiger partial charge in [0.05, 0.1) is 0 Å². The van der Waals surface area contributed by atoms with Crippen molar-refractivity contribution in [1.82, 2.24) is 30.8 Å². The van der Waals surface area contributed by atoms with Crippen molar-refractivity contribution in [2.75, 3.05) is 85.2 Å². The minimum Gasteiger partial charge on any atom is -0.481 e. The molecule has 4 amide bonds. The summed E-state index contributed by atoms with van der Waals surface area (Å²) in [5.41, 5.74) is 14.6. The SMILES string of the molecule is CCN(CC)c1ccc2c(c1)Oc1cc(N(CC)CC)ccc1C21c2ccccc2C(=O)N1NC(=O)COc1cccc2cccnc12.CCN(CC)c1ccc2c(c1)Oc1cc(N(CC)CC)ccc1C21c2ccccc2C(=O)N1NC(=O)COc1cccc2cccnc12. The first-order chi connectivity index (χ1) is 46.9. The molecule has 96 heavy (non-hydrogen) atoms. The van der Waals surface area contributed by atoms with Crippen LogP contribution in [0.2, 0.25) is 0 Å². The molecule has 4 aliphatic heterocycles. The van der Waals surface area contributed by atoms with Gasteiger partial charge in [-0.15, -0.1) is 0 Å². The highest BCUT2D eigenvalue weighted by atomic mass is 16.5. The molecule has 0 unspecified atom stereocenters. The molecule has 18 nitrogen and oxygen atoms in total. The highest BCUT2D eigenvalue weighted by Gasteiger charge is 2.59. The molecule has 18 heteroatoms. The van der Waals surface area contributed by atoms with Crippen LogP contribution in [0.3, 0.4) is 0 Å². The molecular formula is C78H78N10O8. The van der Waals surface area contributed by atoms with Crippen molar-refractivity contribution >= 4 is 68.2 Å². The van der Waals surface area contributed by atoms with E-state index in [2.05, 4.69) is 120 Å². The van der Waals surface area contributed by atoms with Gasteiger partial charge in [0.25, 0.3) is 23.6 Å². The number of carbonyl (C=O) groups is 4. The monoisotopic (exact) mass is 1280 g/mol. The lowest BCUT2D eigenvalue weighted by Gasteiger charge is -2.44. The summed E-state index contributed by atoms with van der Waals surface area (Å²) in [4.78, 5) is 74.3. The number of hydrogen-bond donors (Lipinski definition) is 2. The van der Waals surface area contributed by atoms with E-state index in [0.717, 1.165) is 119 Å². The number of ether oxygens (including phenoxy) is 4. The third-order valence-corrected chi connectivity index (χ3v) is 18.9. The fourth-order valence-electron chi connectivity index (χ4n) is 14.3. The normalized spacial score (nSPS) is 13.8. The summed E-state index contributed by atoms with van der Waals surface area (Å²) in [5, 5.41) is 4.75. The number of carbonyl (C=O) groups excluding carboxylic acids is 4. The Morgan fingerprint density at radius 3 is 1.03 bits per heavy atom. The molecule has 0 saturated carbocycles. The Kier molecular flexibility index (Phi) is 17.7. The van der Waals surface area contributed by atoms with Crippen molar-refractivity contribution in [3.63, 3.8) is 0 Å². The van der Waals surface area contributed by atoms with Crippen LogP contribution >= 0.6 is 0 Å². The van der Waals surface area contributed by atoms with Crippen LogP contribution in [0.4, 0.5) is 22.7 Å². The summed E-state index contributed by atoms with van der Waals surface area (Å²) in [6.07, 6.45) is 3.38. The zero-order valence-corrected chi connectivity index (χ0v) is 55.4. The third kappa shape index (κ3) is 10.8. The fraction of sp³-hybridized carbons (Fsp3) is 0.256. The van der Waals surface area contributed by atoms with E-state index in [1.165, 1.54) is 10.0 Å². The van der Waals surface area contributed by atoms with Crippen molar-refractivity contribution in [2.45, 2.75) is 66.5 Å². The van der Waals surface area contributed by atoms with E-state index in [9.17, 15) is 19.2 Å². The van der Waals surface area contributed by atoms with Crippen LogP contribution in [0.5, 0.6) is 34.5 Å². The Morgan fingerprint density at radius 1 is 0.396 bits per heavy atom. The topological polar surface area (TPSA) is 174 Å². The molecule has 8 aromatic carbocycles. The molecular weight excluding hydrogens is 1200 g/mol. The first-order valence-electron chi connectivity index (χ1n) is 33.2. The van der Waals surface area contributed by atoms with Crippen LogP contribution in [-0.4, -0.2) is 109 Å². The van der Waals surface area contributed by atoms with E-state index in [1.54, 1.807) is 24.5 Å². The van der Waals surface area contributed by atoms with Gasteiger partial charge in [-0.05, 0) is 116 Å². The van der Waals surface area contributed by atoms with Crippen molar-refractivity contribution in [3.05, 3.63) is 239 Å². The number of nitrogens with one attached hydrogen (secondary N) is 2. The molecule has 2 spiro atoms. The summed E-state index contributed by atoms with van der Waals surface area (Å²) >= 11 is 0. The van der Waals surface area contributed by atoms with Crippen LogP contribution in [0.25, 0.3) is 21.8 Å². The number of nitrogens with zero attached hydrogens (tertiary/aromatic N) is 8. The average molecular weight is 1280 g/mol. The summed E-state index contributed by atoms with van der Waals surface area (Å²) in [6.45, 7) is 23.0. The van der Waals surface area contributed by atoms with Crippen LogP contribution in [0, 0.1) is 0 Å². The van der Waals surface area contributed by atoms with E-state index in [-0.39, 0.29) is 25.0 Å². The number of anilines is 4. The minimum atomic E-state index is -1.20. The predicted molar refractivity (Wildman–Crippen MR) is 376 cm³/mol. The number of hydrazine groups is 2. The van der Waals surface area contributed by atoms with Crippen LogP contribution in [-0.2, 0) is 20.7 Å². The number of pyridine rings is 2. The minimum absolute atomic E-state index is 0.315. The number of rotatable bonds is 20. The average Bonchev–Trinajstić information content (AvgIpc) is 1.48. The molecule has 2 aromatic heterocycles. The smallest absolute Gasteiger partial charge is 0.276 e. The first kappa shape index (κ1) is 63.6. The third-order valence-electron chi connectivity index (χ3n) is 18.9. The summed E-state index contributed by atoms with van der Waals surface area (Å²) < 4.78 is 25.5. The molecule has 10 aromatic rings. The van der Waals surface area contributed by atoms with Crippen LogP contribution in [0.1, 0.15) is 109 Å². The highest BCUT2D eigenvalue weighted by molar-refractivity contribution is 6.05. The molecule has 0 fully saturated rings. The number of benzene rings is 8. The molecule has 0 saturated heterocycles. The molecule has 0 bridgehead atoms. The molecule has 14 rings (SSSR count). The molecule has 0 aliphatic carbocycles. The lowest BCUT2D eigenvalue weighted by Crippen LogP contribution is -2.56. The van der Waals surface area contributed by atoms with Crippen molar-refractivity contribution < 1.29 is 38.1 Å². The molecule has 0 atom stereocenters. The van der Waals surface area contributed by atoms with E-state index >= 15 is 0 Å². The van der Waals surface area contributed by atoms with E-state index in [0.29, 0.717) is 56.7 Å². The Morgan fingerprint density at radius 2 is 0.708 bits per heavy atom. The lowest BCUT2D eigenvalue weighted by molar-refractivity contribution is -0.129.